The molecule has 0 atom stereocenters. The second-order valence-corrected chi connectivity index (χ2v) is 5.95. The van der Waals surface area contributed by atoms with Crippen LogP contribution in [0.4, 0.5) is 11.6 Å². The molecule has 2 heterocycles. The first-order valence-corrected chi connectivity index (χ1v) is 8.68. The summed E-state index contributed by atoms with van der Waals surface area (Å²) < 4.78 is 11.1. The Hall–Kier alpha value is -3.93. The quantitative estimate of drug-likeness (QED) is 0.598. The van der Waals surface area contributed by atoms with Crippen molar-refractivity contribution in [3.63, 3.8) is 0 Å². The van der Waals surface area contributed by atoms with Gasteiger partial charge in [0, 0.05) is 24.0 Å². The normalized spacial score (nSPS) is 12.3. The molecule has 1 N–H and O–H groups in total. The maximum absolute atomic E-state index is 5.89. The standard InChI is InChI=1S/C22H18N4O2/c1-15-19(14-25-22-23-12-5-13-24-22)21(18-6-3-4-7-20(18)28-15)26-16-8-10-17(27-2)11-9-16/h3-14H,1H2,2H3,(H,23,24,25). The summed E-state index contributed by atoms with van der Waals surface area (Å²) in [5.41, 5.74) is 2.00. The van der Waals surface area contributed by atoms with E-state index < -0.39 is 0 Å². The first-order valence-electron chi connectivity index (χ1n) is 8.68. The van der Waals surface area contributed by atoms with Gasteiger partial charge in [0.25, 0.3) is 0 Å². The van der Waals surface area contributed by atoms with Crippen molar-refractivity contribution in [1.29, 1.82) is 0 Å². The SMILES string of the molecule is C=c1oc2ccccc2c(=Nc2ccc(OC)cc2)c1=CNc1ncccn1. The molecule has 0 amide bonds. The van der Waals surface area contributed by atoms with E-state index in [1.165, 1.54) is 0 Å². The van der Waals surface area contributed by atoms with Crippen LogP contribution in [0.25, 0.3) is 23.7 Å². The number of rotatable bonds is 4. The second-order valence-electron chi connectivity index (χ2n) is 5.95. The van der Waals surface area contributed by atoms with E-state index in [1.54, 1.807) is 31.8 Å². The predicted molar refractivity (Wildman–Crippen MR) is 109 cm³/mol. The van der Waals surface area contributed by atoms with Gasteiger partial charge in [0.05, 0.1) is 23.4 Å². The highest BCUT2D eigenvalue weighted by Gasteiger charge is 2.03. The van der Waals surface area contributed by atoms with E-state index in [4.69, 9.17) is 14.1 Å². The van der Waals surface area contributed by atoms with Crippen LogP contribution in [0.2, 0.25) is 0 Å². The van der Waals surface area contributed by atoms with Crippen molar-refractivity contribution in [2.75, 3.05) is 12.4 Å². The average Bonchev–Trinajstić information content (AvgIpc) is 2.74. The molecule has 6 nitrogen and oxygen atoms in total. The maximum Gasteiger partial charge on any atom is 0.226 e. The first-order chi connectivity index (χ1) is 13.7. The van der Waals surface area contributed by atoms with E-state index in [0.717, 1.165) is 27.4 Å². The van der Waals surface area contributed by atoms with E-state index in [1.807, 2.05) is 48.5 Å². The van der Waals surface area contributed by atoms with Gasteiger partial charge in [0.1, 0.15) is 16.7 Å². The minimum Gasteiger partial charge on any atom is -0.497 e. The van der Waals surface area contributed by atoms with Crippen LogP contribution in [-0.2, 0) is 0 Å². The molecule has 0 fully saturated rings. The molecule has 0 saturated carbocycles. The Balaban J connectivity index is 1.95. The average molecular weight is 370 g/mol. The molecule has 138 valence electrons. The zero-order valence-electron chi connectivity index (χ0n) is 15.3. The number of para-hydroxylation sites is 1. The summed E-state index contributed by atoms with van der Waals surface area (Å²) in [4.78, 5) is 13.2. The molecule has 0 aliphatic rings. The number of aromatic nitrogens is 2. The Morgan fingerprint density at radius 1 is 1.04 bits per heavy atom. The van der Waals surface area contributed by atoms with Gasteiger partial charge in [-0.15, -0.1) is 0 Å². The Morgan fingerprint density at radius 3 is 2.54 bits per heavy atom. The van der Waals surface area contributed by atoms with Gasteiger partial charge in [-0.25, -0.2) is 15.0 Å². The highest BCUT2D eigenvalue weighted by atomic mass is 16.5. The lowest BCUT2D eigenvalue weighted by atomic mass is 10.2. The molecule has 0 aliphatic carbocycles. The summed E-state index contributed by atoms with van der Waals surface area (Å²) in [6.45, 7) is 4.05. The number of benzene rings is 2. The van der Waals surface area contributed by atoms with Gasteiger partial charge in [-0.1, -0.05) is 18.7 Å². The summed E-state index contributed by atoms with van der Waals surface area (Å²) in [7, 11) is 1.64. The molecular formula is C22H18N4O2. The molecule has 0 radical (unpaired) electrons. The number of ether oxygens (including phenoxy) is 1. The smallest absolute Gasteiger partial charge is 0.226 e. The Bertz CT molecular complexity index is 1280. The molecule has 2 aromatic carbocycles. The number of nitrogens with zero attached hydrogens (tertiary/aromatic N) is 3. The third-order valence-electron chi connectivity index (χ3n) is 4.16. The van der Waals surface area contributed by atoms with Crippen molar-refractivity contribution in [1.82, 2.24) is 9.97 Å². The van der Waals surface area contributed by atoms with Gasteiger partial charge in [-0.2, -0.15) is 0 Å². The number of hydrogen-bond acceptors (Lipinski definition) is 6. The van der Waals surface area contributed by atoms with Gasteiger partial charge in [0.15, 0.2) is 0 Å². The van der Waals surface area contributed by atoms with Crippen molar-refractivity contribution >= 4 is 35.4 Å². The minimum atomic E-state index is 0.477. The molecule has 28 heavy (non-hydrogen) atoms. The van der Waals surface area contributed by atoms with Crippen LogP contribution in [0.3, 0.4) is 0 Å². The number of hydrogen-bond donors (Lipinski definition) is 1. The molecular weight excluding hydrogens is 352 g/mol. The van der Waals surface area contributed by atoms with Crippen molar-refractivity contribution in [2.24, 2.45) is 4.99 Å². The van der Waals surface area contributed by atoms with E-state index in [9.17, 15) is 0 Å². The molecule has 4 rings (SSSR count). The van der Waals surface area contributed by atoms with Gasteiger partial charge in [0.2, 0.25) is 5.95 Å². The molecule has 4 aromatic rings. The van der Waals surface area contributed by atoms with Crippen molar-refractivity contribution in [3.05, 3.63) is 83.0 Å². The molecule has 0 aliphatic heterocycles. The van der Waals surface area contributed by atoms with E-state index in [0.29, 0.717) is 16.9 Å². The van der Waals surface area contributed by atoms with Gasteiger partial charge in [-0.05, 0) is 42.5 Å². The third-order valence-corrected chi connectivity index (χ3v) is 4.16. The van der Waals surface area contributed by atoms with E-state index in [2.05, 4.69) is 21.9 Å². The Labute approximate surface area is 161 Å². The fourth-order valence-corrected chi connectivity index (χ4v) is 2.78. The highest BCUT2D eigenvalue weighted by molar-refractivity contribution is 5.76. The highest BCUT2D eigenvalue weighted by Crippen LogP contribution is 2.17. The lowest BCUT2D eigenvalue weighted by Gasteiger charge is -2.03. The molecule has 0 spiro atoms. The maximum atomic E-state index is 5.89. The topological polar surface area (TPSA) is 72.5 Å². The van der Waals surface area contributed by atoms with E-state index >= 15 is 0 Å². The van der Waals surface area contributed by atoms with E-state index in [-0.39, 0.29) is 0 Å². The molecule has 0 saturated heterocycles. The van der Waals surface area contributed by atoms with Gasteiger partial charge < -0.3 is 14.5 Å². The van der Waals surface area contributed by atoms with Crippen molar-refractivity contribution in [3.8, 4) is 5.75 Å². The van der Waals surface area contributed by atoms with Crippen molar-refractivity contribution in [2.45, 2.75) is 0 Å². The van der Waals surface area contributed by atoms with Crippen LogP contribution in [0.15, 0.2) is 76.4 Å². The minimum absolute atomic E-state index is 0.477. The number of fused-ring (bicyclic) bond motifs is 1. The lowest BCUT2D eigenvalue weighted by Crippen LogP contribution is -2.39. The predicted octanol–water partition coefficient (Wildman–Crippen LogP) is 2.72. The van der Waals surface area contributed by atoms with Crippen LogP contribution >= 0.6 is 0 Å². The van der Waals surface area contributed by atoms with Crippen LogP contribution in [-0.4, -0.2) is 17.1 Å². The van der Waals surface area contributed by atoms with Crippen LogP contribution in [0.5, 0.6) is 5.75 Å². The van der Waals surface area contributed by atoms with Gasteiger partial charge >= 0.3 is 0 Å². The zero-order chi connectivity index (χ0) is 19.3. The molecule has 0 unspecified atom stereocenters. The van der Waals surface area contributed by atoms with Crippen LogP contribution < -0.4 is 26.0 Å². The third kappa shape index (κ3) is 3.61. The summed E-state index contributed by atoms with van der Waals surface area (Å²) >= 11 is 0. The fourth-order valence-electron chi connectivity index (χ4n) is 2.78. The summed E-state index contributed by atoms with van der Waals surface area (Å²) in [5, 5.41) is 5.44. The second kappa shape index (κ2) is 7.75. The zero-order valence-corrected chi connectivity index (χ0v) is 15.3. The summed E-state index contributed by atoms with van der Waals surface area (Å²) in [5.74, 6) is 1.25. The Kier molecular flexibility index (Phi) is 4.84. The fraction of sp³-hybridized carbons (Fsp3) is 0.0455. The van der Waals surface area contributed by atoms with Crippen LogP contribution in [0, 0.1) is 0 Å². The van der Waals surface area contributed by atoms with Crippen molar-refractivity contribution < 1.29 is 9.15 Å². The number of anilines is 1. The number of nitrogens with one attached hydrogen (secondary N) is 1. The molecule has 6 heteroatoms. The molecule has 0 bridgehead atoms. The Morgan fingerprint density at radius 2 is 1.79 bits per heavy atom. The summed E-state index contributed by atoms with van der Waals surface area (Å²) in [6.07, 6.45) is 5.10. The van der Waals surface area contributed by atoms with Crippen LogP contribution in [0.1, 0.15) is 0 Å². The first kappa shape index (κ1) is 17.5. The lowest BCUT2D eigenvalue weighted by molar-refractivity contribution is 0.415. The molecule has 2 aromatic heterocycles. The number of methoxy groups -OCH3 is 1. The van der Waals surface area contributed by atoms with Gasteiger partial charge in [-0.3, -0.25) is 0 Å². The monoisotopic (exact) mass is 370 g/mol. The largest absolute Gasteiger partial charge is 0.497 e. The summed E-state index contributed by atoms with van der Waals surface area (Å²) in [6, 6.07) is 17.0.